The lowest BCUT2D eigenvalue weighted by Crippen LogP contribution is -2.52. The molecule has 28 heavy (non-hydrogen) atoms. The van der Waals surface area contributed by atoms with Crippen molar-refractivity contribution >= 4 is 33.8 Å². The number of rotatable bonds is 7. The summed E-state index contributed by atoms with van der Waals surface area (Å²) in [6, 6.07) is 0. The summed E-state index contributed by atoms with van der Waals surface area (Å²) in [5.74, 6) is -1.05. The summed E-state index contributed by atoms with van der Waals surface area (Å²) in [7, 11) is 0. The number of alkyl halides is 1. The second kappa shape index (κ2) is 10.5. The van der Waals surface area contributed by atoms with Crippen molar-refractivity contribution in [3.63, 3.8) is 0 Å². The van der Waals surface area contributed by atoms with Crippen LogP contribution in [0.1, 0.15) is 48.0 Å². The number of hydrogen-bond acceptors (Lipinski definition) is 7. The fraction of sp³-hybridized carbons (Fsp3) is 0.842. The molecule has 0 spiro atoms. The summed E-state index contributed by atoms with van der Waals surface area (Å²) < 4.78 is 21.9. The van der Waals surface area contributed by atoms with E-state index in [9.17, 15) is 14.4 Å². The Bertz CT molecular complexity index is 553. The Balaban J connectivity index is 2.67. The van der Waals surface area contributed by atoms with E-state index in [0.717, 1.165) is 0 Å². The molecule has 2 unspecified atom stereocenters. The van der Waals surface area contributed by atoms with Crippen LogP contribution < -0.4 is 0 Å². The van der Waals surface area contributed by atoms with E-state index in [0.29, 0.717) is 13.0 Å². The predicted molar refractivity (Wildman–Crippen MR) is 106 cm³/mol. The fourth-order valence-electron chi connectivity index (χ4n) is 2.65. The van der Waals surface area contributed by atoms with Crippen molar-refractivity contribution < 1.29 is 33.3 Å². The first-order chi connectivity index (χ1) is 12.8. The van der Waals surface area contributed by atoms with Crippen molar-refractivity contribution in [2.45, 2.75) is 71.4 Å². The topological polar surface area (TPSA) is 91.4 Å². The Morgan fingerprint density at radius 1 is 0.893 bits per heavy atom. The van der Waals surface area contributed by atoms with Gasteiger partial charge in [0.25, 0.3) is 0 Å². The second-order valence-electron chi connectivity index (χ2n) is 8.63. The van der Waals surface area contributed by atoms with Crippen LogP contribution in [0.4, 0.5) is 0 Å². The van der Waals surface area contributed by atoms with Gasteiger partial charge in [-0.2, -0.15) is 0 Å². The number of likely N-dealkylation sites (tertiary alicyclic amines) is 1. The van der Waals surface area contributed by atoms with Crippen molar-refractivity contribution in [3.8, 4) is 0 Å². The highest BCUT2D eigenvalue weighted by atomic mass is 79.9. The molecule has 0 aliphatic carbocycles. The Hall–Kier alpha value is -1.19. The first kappa shape index (κ1) is 24.8. The first-order valence-corrected chi connectivity index (χ1v) is 10.4. The molecular formula is C19H32BrNO7. The van der Waals surface area contributed by atoms with E-state index in [1.54, 1.807) is 46.4 Å². The Morgan fingerprint density at radius 3 is 1.79 bits per heavy atom. The zero-order valence-electron chi connectivity index (χ0n) is 17.6. The number of carbonyl (C=O) groups is 3. The minimum Gasteiger partial charge on any atom is -0.458 e. The van der Waals surface area contributed by atoms with Gasteiger partial charge in [0.05, 0.1) is 11.4 Å². The number of piperidine rings is 1. The fourth-order valence-corrected chi connectivity index (χ4v) is 3.00. The minimum absolute atomic E-state index is 0.0727. The summed E-state index contributed by atoms with van der Waals surface area (Å²) in [6.45, 7) is 10.9. The van der Waals surface area contributed by atoms with Gasteiger partial charge in [0.15, 0.2) is 0 Å². The van der Waals surface area contributed by atoms with Crippen LogP contribution in [-0.4, -0.2) is 77.8 Å². The maximum absolute atomic E-state index is 12.0. The molecule has 0 aromatic rings. The zero-order chi connectivity index (χ0) is 21.5. The van der Waals surface area contributed by atoms with Gasteiger partial charge in [-0.05, 0) is 48.0 Å². The van der Waals surface area contributed by atoms with Crippen LogP contribution in [0.15, 0.2) is 0 Å². The molecule has 1 heterocycles. The maximum atomic E-state index is 12.0. The van der Waals surface area contributed by atoms with Crippen molar-refractivity contribution in [2.24, 2.45) is 0 Å². The summed E-state index contributed by atoms with van der Waals surface area (Å²) in [5, 5.41) is 0.204. The molecule has 0 saturated carbocycles. The second-order valence-corrected chi connectivity index (χ2v) is 9.19. The van der Waals surface area contributed by atoms with Gasteiger partial charge in [-0.1, -0.05) is 15.9 Å². The van der Waals surface area contributed by atoms with E-state index in [4.69, 9.17) is 18.9 Å². The van der Waals surface area contributed by atoms with E-state index >= 15 is 0 Å². The number of ether oxygens (including phenoxy) is 4. The molecule has 0 aromatic heterocycles. The van der Waals surface area contributed by atoms with Gasteiger partial charge in [-0.25, -0.2) is 9.59 Å². The first-order valence-electron chi connectivity index (χ1n) is 9.31. The third-order valence-corrected chi connectivity index (χ3v) is 4.12. The van der Waals surface area contributed by atoms with Crippen molar-refractivity contribution in [3.05, 3.63) is 0 Å². The molecule has 0 bridgehead atoms. The summed E-state index contributed by atoms with van der Waals surface area (Å²) in [4.78, 5) is 37.5. The number of amides is 1. The molecule has 8 nitrogen and oxygen atoms in total. The predicted octanol–water partition coefficient (Wildman–Crippen LogP) is 2.07. The number of hydrogen-bond donors (Lipinski definition) is 0. The largest absolute Gasteiger partial charge is 0.458 e. The SMILES string of the molecule is CC(C)(C)OC(=O)COC1CCN(C(=O)CBr)CC1OCC(=O)OC(C)(C)C. The Morgan fingerprint density at radius 2 is 1.36 bits per heavy atom. The molecule has 1 rings (SSSR count). The molecule has 1 saturated heterocycles. The lowest BCUT2D eigenvalue weighted by Gasteiger charge is -2.38. The quantitative estimate of drug-likeness (QED) is 0.419. The smallest absolute Gasteiger partial charge is 0.332 e. The normalized spacial score (nSPS) is 20.6. The van der Waals surface area contributed by atoms with Crippen LogP contribution in [0.25, 0.3) is 0 Å². The Labute approximate surface area is 175 Å². The maximum Gasteiger partial charge on any atom is 0.332 e. The molecule has 1 aliphatic rings. The van der Waals surface area contributed by atoms with E-state index in [2.05, 4.69) is 15.9 Å². The molecule has 0 N–H and O–H groups in total. The minimum atomic E-state index is -0.614. The number of halogens is 1. The van der Waals surface area contributed by atoms with Gasteiger partial charge >= 0.3 is 11.9 Å². The van der Waals surface area contributed by atoms with Crippen LogP contribution in [0.2, 0.25) is 0 Å². The van der Waals surface area contributed by atoms with E-state index < -0.39 is 35.3 Å². The highest BCUT2D eigenvalue weighted by Gasteiger charge is 2.34. The third-order valence-electron chi connectivity index (χ3n) is 3.64. The standard InChI is InChI=1S/C19H32BrNO7/c1-18(2,3)27-16(23)11-25-13-7-8-21(15(22)9-20)10-14(13)26-12-17(24)28-19(4,5)6/h13-14H,7-12H2,1-6H3. The third kappa shape index (κ3) is 9.84. The summed E-state index contributed by atoms with van der Waals surface area (Å²) in [6.07, 6.45) is -0.499. The summed E-state index contributed by atoms with van der Waals surface area (Å²) in [5.41, 5.74) is -1.21. The lowest BCUT2D eigenvalue weighted by molar-refractivity contribution is -0.177. The summed E-state index contributed by atoms with van der Waals surface area (Å²) >= 11 is 3.16. The molecule has 0 radical (unpaired) electrons. The van der Waals surface area contributed by atoms with Gasteiger partial charge in [-0.3, -0.25) is 4.79 Å². The molecule has 9 heteroatoms. The number of nitrogens with zero attached hydrogens (tertiary/aromatic N) is 1. The molecule has 2 atom stereocenters. The monoisotopic (exact) mass is 465 g/mol. The van der Waals surface area contributed by atoms with E-state index in [-0.39, 0.29) is 31.0 Å². The molecule has 1 amide bonds. The average Bonchev–Trinajstić information content (AvgIpc) is 2.54. The van der Waals surface area contributed by atoms with Crippen molar-refractivity contribution in [1.82, 2.24) is 4.90 Å². The number of carbonyl (C=O) groups excluding carboxylic acids is 3. The van der Waals surface area contributed by atoms with Crippen LogP contribution in [0.3, 0.4) is 0 Å². The van der Waals surface area contributed by atoms with Crippen molar-refractivity contribution in [1.29, 1.82) is 0 Å². The van der Waals surface area contributed by atoms with Crippen LogP contribution in [0, 0.1) is 0 Å². The highest BCUT2D eigenvalue weighted by molar-refractivity contribution is 9.09. The molecular weight excluding hydrogens is 434 g/mol. The Kier molecular flexibility index (Phi) is 9.36. The van der Waals surface area contributed by atoms with E-state index in [1.165, 1.54) is 0 Å². The molecule has 162 valence electrons. The van der Waals surface area contributed by atoms with Crippen LogP contribution in [-0.2, 0) is 33.3 Å². The van der Waals surface area contributed by atoms with Gasteiger partial charge in [0, 0.05) is 13.1 Å². The van der Waals surface area contributed by atoms with Gasteiger partial charge < -0.3 is 23.8 Å². The molecule has 1 fully saturated rings. The van der Waals surface area contributed by atoms with Crippen LogP contribution >= 0.6 is 15.9 Å². The van der Waals surface area contributed by atoms with Crippen LogP contribution in [0.5, 0.6) is 0 Å². The lowest BCUT2D eigenvalue weighted by atomic mass is 10.0. The highest BCUT2D eigenvalue weighted by Crippen LogP contribution is 2.19. The zero-order valence-corrected chi connectivity index (χ0v) is 19.2. The van der Waals surface area contributed by atoms with Gasteiger partial charge in [-0.15, -0.1) is 0 Å². The number of esters is 2. The molecule has 0 aromatic carbocycles. The molecule has 1 aliphatic heterocycles. The van der Waals surface area contributed by atoms with Gasteiger partial charge in [0.2, 0.25) is 5.91 Å². The van der Waals surface area contributed by atoms with Crippen molar-refractivity contribution in [2.75, 3.05) is 31.6 Å². The van der Waals surface area contributed by atoms with E-state index in [1.807, 2.05) is 0 Å². The van der Waals surface area contributed by atoms with Gasteiger partial charge in [0.1, 0.15) is 30.5 Å². The average molecular weight is 466 g/mol.